The van der Waals surface area contributed by atoms with Gasteiger partial charge in [-0.25, -0.2) is 19.6 Å². The number of hydrogen-bond acceptors (Lipinski definition) is 16. The number of nitrogens with zero attached hydrogens (tertiary/aromatic N) is 8. The predicted octanol–water partition coefficient (Wildman–Crippen LogP) is 7.89. The molecule has 0 aliphatic heterocycles. The van der Waals surface area contributed by atoms with Gasteiger partial charge >= 0.3 is 11.9 Å². The molecule has 0 spiro atoms. The third-order valence-electron chi connectivity index (χ3n) is 6.98. The number of hydrogen-bond donors (Lipinski definition) is 4. The molecule has 6 aromatic rings. The first-order valence-corrected chi connectivity index (χ1v) is 18.5. The molecule has 17 heteroatoms. The minimum absolute atomic E-state index is 0. The largest absolute Gasteiger partial charge is 0.462 e. The zero-order valence-corrected chi connectivity index (χ0v) is 33.5. The number of aromatic nitrogens is 8. The molecule has 0 saturated heterocycles. The second kappa shape index (κ2) is 25.5. The summed E-state index contributed by atoms with van der Waals surface area (Å²) in [6.07, 6.45) is 16.2. The number of benzene rings is 2. The second-order valence-corrected chi connectivity index (χ2v) is 12.2. The summed E-state index contributed by atoms with van der Waals surface area (Å²) < 4.78 is 11.0. The first-order valence-electron chi connectivity index (χ1n) is 17.7. The van der Waals surface area contributed by atoms with Crippen LogP contribution in [0.15, 0.2) is 78.1 Å². The number of nitrogen functional groups attached to an aromatic ring is 1. The number of nitrogens with one attached hydrogen (secondary N) is 3. The third kappa shape index (κ3) is 15.3. The molecule has 0 saturated carbocycles. The van der Waals surface area contributed by atoms with Crippen molar-refractivity contribution in [2.75, 3.05) is 48.0 Å². The SMILES string of the molecule is Brc1ccc2cnncc2c1.C.C#CC.CCCNc1nc(N)ncc1C(=O)OCC.CCCNc1nc(Nc2ccc3cnncc3c2)ncc1C(=O)OCC. The van der Waals surface area contributed by atoms with Gasteiger partial charge in [0.25, 0.3) is 0 Å². The quantitative estimate of drug-likeness (QED) is 0.0680. The molecule has 0 bridgehead atoms. The first kappa shape index (κ1) is 46.6. The van der Waals surface area contributed by atoms with Gasteiger partial charge in [-0.1, -0.05) is 49.3 Å². The molecular weight excluding hydrogens is 792 g/mol. The summed E-state index contributed by atoms with van der Waals surface area (Å²) >= 11 is 3.38. The summed E-state index contributed by atoms with van der Waals surface area (Å²) in [5.41, 5.74) is 6.90. The number of anilines is 5. The zero-order chi connectivity index (χ0) is 40.7. The van der Waals surface area contributed by atoms with Crippen LogP contribution in [0.5, 0.6) is 0 Å². The lowest BCUT2D eigenvalue weighted by Gasteiger charge is -2.12. The maximum absolute atomic E-state index is 12.1. The fourth-order valence-electron chi connectivity index (χ4n) is 4.48. The van der Waals surface area contributed by atoms with Crippen molar-refractivity contribution in [2.45, 2.75) is 54.9 Å². The first-order chi connectivity index (χ1) is 27.2. The number of nitrogens with two attached hydrogens (primary N) is 1. The van der Waals surface area contributed by atoms with E-state index in [0.29, 0.717) is 55.0 Å². The van der Waals surface area contributed by atoms with Crippen LogP contribution in [0.1, 0.15) is 75.6 Å². The molecule has 5 N–H and O–H groups in total. The molecule has 4 heterocycles. The van der Waals surface area contributed by atoms with Gasteiger partial charge in [-0.2, -0.15) is 30.4 Å². The Balaban J connectivity index is 0.000000308. The molecule has 6 rings (SSSR count). The maximum Gasteiger partial charge on any atom is 0.343 e. The fourth-order valence-corrected chi connectivity index (χ4v) is 4.86. The summed E-state index contributed by atoms with van der Waals surface area (Å²) in [6.45, 7) is 11.2. The molecule has 4 aromatic heterocycles. The highest BCUT2D eigenvalue weighted by Gasteiger charge is 2.16. The van der Waals surface area contributed by atoms with Gasteiger partial charge in [0.2, 0.25) is 11.9 Å². The van der Waals surface area contributed by atoms with Crippen molar-refractivity contribution < 1.29 is 19.1 Å². The van der Waals surface area contributed by atoms with E-state index in [1.807, 2.05) is 50.2 Å². The predicted molar refractivity (Wildman–Crippen MR) is 229 cm³/mol. The lowest BCUT2D eigenvalue weighted by atomic mass is 10.2. The standard InChI is InChI=1S/C18H20N6O2.C10H16N4O2.C8H5BrN2.C3H4.CH4/c1-3-7-19-16-15(17(25)26-4-2)11-20-18(24-16)23-14-6-5-12-9-21-22-10-13(12)8-14;1-3-5-12-8-7(9(15)16-4-2)6-13-10(11)14-8;9-8-2-1-6-4-10-11-5-7(6)3-8;1-3-2;/h5-6,8-11H,3-4,7H2,1-2H3,(H2,19,20,23,24);6H,3-5H2,1-2H3,(H3,11,12,13,14);1-5H;1H,2H3;1H4. The normalized spacial score (nSPS) is 9.70. The Labute approximate surface area is 341 Å². The van der Waals surface area contributed by atoms with Crippen molar-refractivity contribution in [3.8, 4) is 12.3 Å². The Morgan fingerprint density at radius 1 is 0.719 bits per heavy atom. The summed E-state index contributed by atoms with van der Waals surface area (Å²) in [6, 6.07) is 11.8. The monoisotopic (exact) mass is 840 g/mol. The number of carbonyl (C=O) groups excluding carboxylic acids is 2. The lowest BCUT2D eigenvalue weighted by Crippen LogP contribution is -2.13. The number of terminal acetylenes is 1. The molecule has 0 unspecified atom stereocenters. The van der Waals surface area contributed by atoms with E-state index >= 15 is 0 Å². The molecule has 0 atom stereocenters. The van der Waals surface area contributed by atoms with Crippen LogP contribution in [0.2, 0.25) is 0 Å². The van der Waals surface area contributed by atoms with Gasteiger partial charge in [0, 0.05) is 57.2 Å². The van der Waals surface area contributed by atoms with Crippen LogP contribution in [0.3, 0.4) is 0 Å². The molecule has 0 aliphatic carbocycles. The van der Waals surface area contributed by atoms with Crippen LogP contribution in [0, 0.1) is 12.3 Å². The number of esters is 2. The summed E-state index contributed by atoms with van der Waals surface area (Å²) in [7, 11) is 0. The topological polar surface area (TPSA) is 218 Å². The van der Waals surface area contributed by atoms with E-state index in [-0.39, 0.29) is 13.4 Å². The highest BCUT2D eigenvalue weighted by Crippen LogP contribution is 2.22. The van der Waals surface area contributed by atoms with E-state index in [9.17, 15) is 9.59 Å². The Bertz CT molecular complexity index is 2220. The van der Waals surface area contributed by atoms with E-state index in [0.717, 1.165) is 44.5 Å². The Hall–Kier alpha value is -6.54. The maximum atomic E-state index is 12.1. The number of halogens is 1. The average Bonchev–Trinajstić information content (AvgIpc) is 3.20. The van der Waals surface area contributed by atoms with Crippen molar-refractivity contribution in [3.05, 3.63) is 89.2 Å². The van der Waals surface area contributed by atoms with Crippen molar-refractivity contribution in [3.63, 3.8) is 0 Å². The number of fused-ring (bicyclic) bond motifs is 2. The molecule has 0 amide bonds. The van der Waals surface area contributed by atoms with Crippen molar-refractivity contribution in [1.82, 2.24) is 40.3 Å². The molecule has 0 radical (unpaired) electrons. The fraction of sp³-hybridized carbons (Fsp3) is 0.300. The van der Waals surface area contributed by atoms with E-state index < -0.39 is 11.9 Å². The van der Waals surface area contributed by atoms with E-state index in [2.05, 4.69) is 84.6 Å². The molecular formula is C40H49BrN12O4. The van der Waals surface area contributed by atoms with Crippen LogP contribution in [0.4, 0.5) is 29.2 Å². The second-order valence-electron chi connectivity index (χ2n) is 11.2. The van der Waals surface area contributed by atoms with Gasteiger partial charge in [0.05, 0.1) is 38.0 Å². The smallest absolute Gasteiger partial charge is 0.343 e. The average molecular weight is 842 g/mol. The molecule has 2 aromatic carbocycles. The zero-order valence-electron chi connectivity index (χ0n) is 31.9. The van der Waals surface area contributed by atoms with Gasteiger partial charge in [-0.15, -0.1) is 12.3 Å². The highest BCUT2D eigenvalue weighted by molar-refractivity contribution is 9.10. The van der Waals surface area contributed by atoms with Gasteiger partial charge in [0.15, 0.2) is 0 Å². The van der Waals surface area contributed by atoms with E-state index in [1.54, 1.807) is 45.6 Å². The third-order valence-corrected chi connectivity index (χ3v) is 7.48. The Morgan fingerprint density at radius 2 is 1.19 bits per heavy atom. The molecule has 16 nitrogen and oxygen atoms in total. The Morgan fingerprint density at radius 3 is 1.72 bits per heavy atom. The number of ether oxygens (including phenoxy) is 2. The van der Waals surface area contributed by atoms with Crippen LogP contribution in [-0.2, 0) is 9.47 Å². The molecule has 0 fully saturated rings. The highest BCUT2D eigenvalue weighted by atomic mass is 79.9. The molecule has 0 aliphatic rings. The van der Waals surface area contributed by atoms with Crippen LogP contribution < -0.4 is 21.7 Å². The van der Waals surface area contributed by atoms with Gasteiger partial charge in [-0.3, -0.25) is 0 Å². The van der Waals surface area contributed by atoms with Crippen molar-refractivity contribution in [1.29, 1.82) is 0 Å². The summed E-state index contributed by atoms with van der Waals surface area (Å²) in [5.74, 6) is 2.76. The van der Waals surface area contributed by atoms with Crippen LogP contribution in [0.25, 0.3) is 21.5 Å². The Kier molecular flexibility index (Phi) is 20.9. The number of carbonyl (C=O) groups is 2. The van der Waals surface area contributed by atoms with Gasteiger partial charge in [0.1, 0.15) is 22.8 Å². The van der Waals surface area contributed by atoms with Crippen molar-refractivity contribution >= 4 is 78.6 Å². The number of rotatable bonds is 12. The minimum atomic E-state index is -0.443. The van der Waals surface area contributed by atoms with Crippen LogP contribution in [-0.4, -0.2) is 78.6 Å². The minimum Gasteiger partial charge on any atom is -0.462 e. The molecule has 57 heavy (non-hydrogen) atoms. The van der Waals surface area contributed by atoms with Gasteiger partial charge in [-0.05, 0) is 57.9 Å². The van der Waals surface area contributed by atoms with E-state index in [4.69, 9.17) is 15.2 Å². The van der Waals surface area contributed by atoms with Crippen molar-refractivity contribution in [2.24, 2.45) is 0 Å². The van der Waals surface area contributed by atoms with E-state index in [1.165, 1.54) is 12.4 Å². The molecule has 300 valence electrons. The lowest BCUT2D eigenvalue weighted by molar-refractivity contribution is 0.0517. The summed E-state index contributed by atoms with van der Waals surface area (Å²) in [4.78, 5) is 40.0. The summed E-state index contributed by atoms with van der Waals surface area (Å²) in [5, 5.41) is 28.8. The van der Waals surface area contributed by atoms with Gasteiger partial charge < -0.3 is 31.2 Å². The van der Waals surface area contributed by atoms with Crippen LogP contribution >= 0.6 is 15.9 Å².